The fourth-order valence-electron chi connectivity index (χ4n) is 2.55. The topological polar surface area (TPSA) is 90.5 Å². The molecule has 0 aliphatic heterocycles. The molecule has 1 N–H and O–H groups in total. The molecule has 27 heavy (non-hydrogen) atoms. The lowest BCUT2D eigenvalue weighted by atomic mass is 10.2. The predicted molar refractivity (Wildman–Crippen MR) is 95.8 cm³/mol. The highest BCUT2D eigenvalue weighted by atomic mass is 19.1. The fourth-order valence-corrected chi connectivity index (χ4v) is 2.55. The van der Waals surface area contributed by atoms with E-state index >= 15 is 0 Å². The maximum atomic E-state index is 13.7. The van der Waals surface area contributed by atoms with Gasteiger partial charge < -0.3 is 14.5 Å². The first kappa shape index (κ1) is 18.4. The maximum Gasteiger partial charge on any atom is 0.419 e. The van der Waals surface area contributed by atoms with Gasteiger partial charge in [-0.3, -0.25) is 14.2 Å². The van der Waals surface area contributed by atoms with Crippen LogP contribution in [0.3, 0.4) is 0 Å². The van der Waals surface area contributed by atoms with E-state index in [1.807, 2.05) is 0 Å². The number of para-hydroxylation sites is 2. The molecule has 0 spiro atoms. The van der Waals surface area contributed by atoms with Crippen molar-refractivity contribution in [3.05, 3.63) is 64.4 Å². The highest BCUT2D eigenvalue weighted by Crippen LogP contribution is 2.15. The standard InChI is InChI=1S/C19H17FN2O5/c1-12-6-7-14(13(20)10-12)21-17(23)11-26-18(24)8-9-22-15-4-2-3-5-16(15)27-19(22)25/h2-7,10H,8-9,11H2,1H3,(H,21,23). The van der Waals surface area contributed by atoms with Gasteiger partial charge >= 0.3 is 11.7 Å². The second-order valence-corrected chi connectivity index (χ2v) is 5.93. The van der Waals surface area contributed by atoms with Crippen LogP contribution in [-0.2, 0) is 20.9 Å². The Morgan fingerprint density at radius 1 is 1.22 bits per heavy atom. The van der Waals surface area contributed by atoms with Crippen LogP contribution in [-0.4, -0.2) is 23.1 Å². The van der Waals surface area contributed by atoms with Gasteiger partial charge in [-0.25, -0.2) is 9.18 Å². The number of hydrogen-bond donors (Lipinski definition) is 1. The first-order valence-electron chi connectivity index (χ1n) is 8.24. The minimum absolute atomic E-state index is 0.0121. The summed E-state index contributed by atoms with van der Waals surface area (Å²) in [5.74, 6) is -2.46. The number of amides is 1. The van der Waals surface area contributed by atoms with Gasteiger partial charge in [-0.05, 0) is 36.8 Å². The molecule has 0 atom stereocenters. The van der Waals surface area contributed by atoms with Crippen molar-refractivity contribution in [3.63, 3.8) is 0 Å². The Labute approximate surface area is 153 Å². The Morgan fingerprint density at radius 2 is 2.00 bits per heavy atom. The Bertz CT molecular complexity index is 1050. The van der Waals surface area contributed by atoms with Crippen molar-refractivity contribution in [2.24, 2.45) is 0 Å². The summed E-state index contributed by atoms with van der Waals surface area (Å²) in [6.07, 6.45) is -0.115. The SMILES string of the molecule is Cc1ccc(NC(=O)COC(=O)CCn2c(=O)oc3ccccc32)c(F)c1. The van der Waals surface area contributed by atoms with Crippen LogP contribution in [0.15, 0.2) is 51.7 Å². The average Bonchev–Trinajstić information content (AvgIpc) is 2.95. The van der Waals surface area contributed by atoms with E-state index in [2.05, 4.69) is 5.32 Å². The summed E-state index contributed by atoms with van der Waals surface area (Å²) in [6.45, 7) is 1.24. The van der Waals surface area contributed by atoms with E-state index in [4.69, 9.17) is 9.15 Å². The van der Waals surface area contributed by atoms with E-state index in [1.165, 1.54) is 16.7 Å². The van der Waals surface area contributed by atoms with E-state index < -0.39 is 30.1 Å². The Balaban J connectivity index is 1.51. The third-order valence-electron chi connectivity index (χ3n) is 3.88. The maximum absolute atomic E-state index is 13.7. The molecule has 1 aromatic heterocycles. The third kappa shape index (κ3) is 4.41. The molecular weight excluding hydrogens is 355 g/mol. The molecule has 1 heterocycles. The molecule has 0 aliphatic rings. The average molecular weight is 372 g/mol. The number of benzene rings is 2. The zero-order valence-corrected chi connectivity index (χ0v) is 14.5. The first-order chi connectivity index (χ1) is 12.9. The van der Waals surface area contributed by atoms with E-state index in [0.29, 0.717) is 11.1 Å². The number of nitrogens with zero attached hydrogens (tertiary/aromatic N) is 1. The quantitative estimate of drug-likeness (QED) is 0.672. The van der Waals surface area contributed by atoms with Gasteiger partial charge in [-0.2, -0.15) is 0 Å². The molecule has 0 saturated carbocycles. The van der Waals surface area contributed by atoms with Gasteiger partial charge in [0, 0.05) is 6.54 Å². The van der Waals surface area contributed by atoms with Crippen LogP contribution in [0.2, 0.25) is 0 Å². The Hall–Kier alpha value is -3.42. The Morgan fingerprint density at radius 3 is 2.78 bits per heavy atom. The zero-order valence-electron chi connectivity index (χ0n) is 14.5. The largest absolute Gasteiger partial charge is 0.456 e. The third-order valence-corrected chi connectivity index (χ3v) is 3.88. The summed E-state index contributed by atoms with van der Waals surface area (Å²) in [4.78, 5) is 35.4. The molecule has 3 aromatic rings. The summed E-state index contributed by atoms with van der Waals surface area (Å²) < 4.78 is 24.9. The van der Waals surface area contributed by atoms with Gasteiger partial charge in [-0.15, -0.1) is 0 Å². The van der Waals surface area contributed by atoms with Crippen LogP contribution in [0.1, 0.15) is 12.0 Å². The first-order valence-corrected chi connectivity index (χ1v) is 8.24. The van der Waals surface area contributed by atoms with Crippen LogP contribution < -0.4 is 11.1 Å². The second kappa shape index (κ2) is 7.86. The van der Waals surface area contributed by atoms with Gasteiger partial charge in [-0.1, -0.05) is 18.2 Å². The number of nitrogens with one attached hydrogen (secondary N) is 1. The van der Waals surface area contributed by atoms with Crippen LogP contribution in [0, 0.1) is 12.7 Å². The number of esters is 1. The lowest BCUT2D eigenvalue weighted by molar-refractivity contribution is -0.147. The van der Waals surface area contributed by atoms with Crippen LogP contribution in [0.4, 0.5) is 10.1 Å². The summed E-state index contributed by atoms with van der Waals surface area (Å²) in [5.41, 5.74) is 1.73. The molecule has 0 bridgehead atoms. The van der Waals surface area contributed by atoms with Crippen LogP contribution in [0.25, 0.3) is 11.1 Å². The second-order valence-electron chi connectivity index (χ2n) is 5.93. The number of aryl methyl sites for hydroxylation is 2. The van der Waals surface area contributed by atoms with Gasteiger partial charge in [0.1, 0.15) is 5.82 Å². The molecule has 8 heteroatoms. The molecule has 0 radical (unpaired) electrons. The molecule has 140 valence electrons. The molecule has 1 amide bonds. The van der Waals surface area contributed by atoms with Gasteiger partial charge in [0.2, 0.25) is 0 Å². The molecule has 3 rings (SSSR count). The zero-order chi connectivity index (χ0) is 19.4. The molecule has 0 unspecified atom stereocenters. The van der Waals surface area contributed by atoms with Crippen molar-refractivity contribution in [3.8, 4) is 0 Å². The number of oxazole rings is 1. The van der Waals surface area contributed by atoms with Gasteiger partial charge in [0.05, 0.1) is 17.6 Å². The van der Waals surface area contributed by atoms with Crippen molar-refractivity contribution in [1.82, 2.24) is 4.57 Å². The summed E-state index contributed by atoms with van der Waals surface area (Å²) in [6, 6.07) is 11.2. The molecular formula is C19H17FN2O5. The van der Waals surface area contributed by atoms with Crippen LogP contribution >= 0.6 is 0 Å². The molecule has 0 fully saturated rings. The summed E-state index contributed by atoms with van der Waals surface area (Å²) in [7, 11) is 0. The number of fused-ring (bicyclic) bond motifs is 1. The van der Waals surface area contributed by atoms with Crippen molar-refractivity contribution < 1.29 is 23.1 Å². The lowest BCUT2D eigenvalue weighted by Gasteiger charge is -2.08. The number of rotatable bonds is 6. The lowest BCUT2D eigenvalue weighted by Crippen LogP contribution is -2.23. The predicted octanol–water partition coefficient (Wildman–Crippen LogP) is 2.61. The van der Waals surface area contributed by atoms with Crippen molar-refractivity contribution in [2.75, 3.05) is 11.9 Å². The highest BCUT2D eigenvalue weighted by Gasteiger charge is 2.13. The van der Waals surface area contributed by atoms with E-state index in [0.717, 1.165) is 5.56 Å². The van der Waals surface area contributed by atoms with Crippen molar-refractivity contribution in [2.45, 2.75) is 19.9 Å². The van der Waals surface area contributed by atoms with Crippen molar-refractivity contribution in [1.29, 1.82) is 0 Å². The Kier molecular flexibility index (Phi) is 5.35. The summed E-state index contributed by atoms with van der Waals surface area (Å²) >= 11 is 0. The highest BCUT2D eigenvalue weighted by molar-refractivity contribution is 5.92. The number of aromatic nitrogens is 1. The number of anilines is 1. The minimum Gasteiger partial charge on any atom is -0.456 e. The number of halogens is 1. The fraction of sp³-hybridized carbons (Fsp3) is 0.211. The normalized spacial score (nSPS) is 10.7. The smallest absolute Gasteiger partial charge is 0.419 e. The van der Waals surface area contributed by atoms with Gasteiger partial charge in [0.15, 0.2) is 12.2 Å². The number of hydrogen-bond acceptors (Lipinski definition) is 5. The van der Waals surface area contributed by atoms with E-state index in [-0.39, 0.29) is 18.7 Å². The summed E-state index contributed by atoms with van der Waals surface area (Å²) in [5, 5.41) is 2.33. The molecule has 7 nitrogen and oxygen atoms in total. The number of carbonyl (C=O) groups is 2. The molecule has 0 saturated heterocycles. The van der Waals surface area contributed by atoms with Gasteiger partial charge in [0.25, 0.3) is 5.91 Å². The van der Waals surface area contributed by atoms with E-state index in [1.54, 1.807) is 37.3 Å². The monoisotopic (exact) mass is 372 g/mol. The molecule has 2 aromatic carbocycles. The van der Waals surface area contributed by atoms with Crippen LogP contribution in [0.5, 0.6) is 0 Å². The van der Waals surface area contributed by atoms with E-state index in [9.17, 15) is 18.8 Å². The molecule has 0 aliphatic carbocycles. The number of carbonyl (C=O) groups excluding carboxylic acids is 2. The minimum atomic E-state index is -0.660. The number of ether oxygens (including phenoxy) is 1. The van der Waals surface area contributed by atoms with Crippen molar-refractivity contribution >= 4 is 28.7 Å².